The van der Waals surface area contributed by atoms with Crippen LogP contribution >= 0.6 is 0 Å². The molecule has 0 bridgehead atoms. The van der Waals surface area contributed by atoms with E-state index in [9.17, 15) is 0 Å². The predicted octanol–water partition coefficient (Wildman–Crippen LogP) is 3.87. The molecule has 0 atom stereocenters. The summed E-state index contributed by atoms with van der Waals surface area (Å²) in [5, 5.41) is 17.8. The molecule has 0 aromatic carbocycles. The second kappa shape index (κ2) is 11.2. The lowest BCUT2D eigenvalue weighted by atomic mass is 10.2. The molecule has 0 rings (SSSR count). The van der Waals surface area contributed by atoms with Crippen LogP contribution in [0.4, 0.5) is 0 Å². The molecular weight excluding hydrogens is 248 g/mol. The molecule has 0 saturated heterocycles. The lowest BCUT2D eigenvalue weighted by Gasteiger charge is -1.94. The van der Waals surface area contributed by atoms with Crippen molar-refractivity contribution in [2.24, 2.45) is 0 Å². The second-order valence-electron chi connectivity index (χ2n) is 4.89. The average molecular weight is 274 g/mol. The fraction of sp³-hybridized carbons (Fsp3) is 0.333. The summed E-state index contributed by atoms with van der Waals surface area (Å²) in [5.74, 6) is 0. The van der Waals surface area contributed by atoms with Crippen molar-refractivity contribution in [3.05, 3.63) is 70.9 Å². The van der Waals surface area contributed by atoms with E-state index in [2.05, 4.69) is 0 Å². The molecule has 0 aliphatic heterocycles. The highest BCUT2D eigenvalue weighted by Crippen LogP contribution is 2.02. The maximum absolute atomic E-state index is 8.92. The fourth-order valence-electron chi connectivity index (χ4n) is 1.37. The van der Waals surface area contributed by atoms with E-state index in [1.54, 1.807) is 0 Å². The van der Waals surface area contributed by atoms with Crippen LogP contribution < -0.4 is 0 Å². The summed E-state index contributed by atoms with van der Waals surface area (Å²) < 4.78 is 0. The van der Waals surface area contributed by atoms with E-state index in [1.165, 1.54) is 0 Å². The fourth-order valence-corrected chi connectivity index (χ4v) is 1.37. The van der Waals surface area contributed by atoms with Crippen LogP contribution in [0.15, 0.2) is 70.9 Å². The Morgan fingerprint density at radius 1 is 0.700 bits per heavy atom. The quantitative estimate of drug-likeness (QED) is 0.692. The zero-order valence-electron chi connectivity index (χ0n) is 12.9. The van der Waals surface area contributed by atoms with Gasteiger partial charge in [-0.1, -0.05) is 59.8 Å². The van der Waals surface area contributed by atoms with Crippen LogP contribution in [0.2, 0.25) is 0 Å². The largest absolute Gasteiger partial charge is 0.392 e. The van der Waals surface area contributed by atoms with E-state index in [4.69, 9.17) is 10.2 Å². The second-order valence-corrected chi connectivity index (χ2v) is 4.89. The highest BCUT2D eigenvalue weighted by molar-refractivity contribution is 5.29. The minimum absolute atomic E-state index is 0.0951. The van der Waals surface area contributed by atoms with E-state index in [0.29, 0.717) is 0 Å². The van der Waals surface area contributed by atoms with Crippen molar-refractivity contribution >= 4 is 0 Å². The van der Waals surface area contributed by atoms with Gasteiger partial charge in [0.2, 0.25) is 0 Å². The first-order valence-corrected chi connectivity index (χ1v) is 6.74. The highest BCUT2D eigenvalue weighted by atomic mass is 16.3. The Hall–Kier alpha value is -1.64. The van der Waals surface area contributed by atoms with Crippen molar-refractivity contribution in [2.45, 2.75) is 27.7 Å². The van der Waals surface area contributed by atoms with E-state index >= 15 is 0 Å². The molecular formula is C18H26O2. The molecule has 0 unspecified atom stereocenters. The number of aliphatic hydroxyl groups excluding tert-OH is 2. The molecule has 20 heavy (non-hydrogen) atoms. The van der Waals surface area contributed by atoms with Gasteiger partial charge < -0.3 is 10.2 Å². The molecule has 110 valence electrons. The predicted molar refractivity (Wildman–Crippen MR) is 87.5 cm³/mol. The molecule has 0 saturated carbocycles. The Morgan fingerprint density at radius 2 is 1.25 bits per heavy atom. The van der Waals surface area contributed by atoms with Gasteiger partial charge in [0, 0.05) is 0 Å². The van der Waals surface area contributed by atoms with Crippen molar-refractivity contribution in [2.75, 3.05) is 13.2 Å². The van der Waals surface area contributed by atoms with E-state index in [0.717, 1.165) is 22.3 Å². The van der Waals surface area contributed by atoms with Crippen LogP contribution in [0.25, 0.3) is 0 Å². The topological polar surface area (TPSA) is 40.5 Å². The van der Waals surface area contributed by atoms with Gasteiger partial charge in [0.05, 0.1) is 13.2 Å². The number of rotatable bonds is 7. The van der Waals surface area contributed by atoms with Crippen molar-refractivity contribution in [1.82, 2.24) is 0 Å². The van der Waals surface area contributed by atoms with Crippen LogP contribution in [0.1, 0.15) is 27.7 Å². The van der Waals surface area contributed by atoms with Gasteiger partial charge in [0.15, 0.2) is 0 Å². The van der Waals surface area contributed by atoms with E-state index in [1.807, 2.05) is 76.3 Å². The minimum atomic E-state index is 0.0951. The average Bonchev–Trinajstić information content (AvgIpc) is 2.43. The highest BCUT2D eigenvalue weighted by Gasteiger charge is 1.85. The smallest absolute Gasteiger partial charge is 0.0642 e. The number of hydrogen-bond donors (Lipinski definition) is 2. The molecule has 0 radical (unpaired) electrons. The Morgan fingerprint density at radius 3 is 1.80 bits per heavy atom. The van der Waals surface area contributed by atoms with Gasteiger partial charge in [-0.05, 0) is 38.8 Å². The monoisotopic (exact) mass is 274 g/mol. The molecule has 0 aliphatic carbocycles. The van der Waals surface area contributed by atoms with Gasteiger partial charge >= 0.3 is 0 Å². The Bertz CT molecular complexity index is 458. The third-order valence-electron chi connectivity index (χ3n) is 2.54. The molecule has 0 aromatic rings. The summed E-state index contributed by atoms with van der Waals surface area (Å²) in [6.07, 6.45) is 15.8. The molecule has 0 aliphatic rings. The van der Waals surface area contributed by atoms with Crippen molar-refractivity contribution in [3.63, 3.8) is 0 Å². The van der Waals surface area contributed by atoms with Crippen LogP contribution in [0, 0.1) is 0 Å². The summed E-state index contributed by atoms with van der Waals surface area (Å²) in [6.45, 7) is 8.01. The first kappa shape index (κ1) is 18.4. The van der Waals surface area contributed by atoms with Crippen molar-refractivity contribution in [1.29, 1.82) is 0 Å². The molecule has 2 nitrogen and oxygen atoms in total. The molecule has 0 aromatic heterocycles. The third-order valence-corrected chi connectivity index (χ3v) is 2.54. The zero-order chi connectivity index (χ0) is 15.4. The lowest BCUT2D eigenvalue weighted by molar-refractivity contribution is 0.331. The van der Waals surface area contributed by atoms with E-state index in [-0.39, 0.29) is 13.2 Å². The standard InChI is InChI=1S/C18H26O2/c1-15(10-7-11-17(3)13-19)8-5-6-9-16(2)12-18(4)14-20/h5-12,19-20H,13-14H2,1-4H3/b6-5+,10-7+,15-8+,16-9+,17-11+,18-12+. The van der Waals surface area contributed by atoms with Crippen molar-refractivity contribution in [3.8, 4) is 0 Å². The molecule has 0 fully saturated rings. The summed E-state index contributed by atoms with van der Waals surface area (Å²) in [4.78, 5) is 0. The summed E-state index contributed by atoms with van der Waals surface area (Å²) in [7, 11) is 0. The Balaban J connectivity index is 4.48. The zero-order valence-corrected chi connectivity index (χ0v) is 12.9. The first-order valence-electron chi connectivity index (χ1n) is 6.74. The summed E-state index contributed by atoms with van der Waals surface area (Å²) >= 11 is 0. The molecule has 2 heteroatoms. The van der Waals surface area contributed by atoms with Gasteiger partial charge in [-0.15, -0.1) is 0 Å². The first-order chi connectivity index (χ1) is 9.49. The Kier molecular flexibility index (Phi) is 10.3. The third kappa shape index (κ3) is 10.3. The summed E-state index contributed by atoms with van der Waals surface area (Å²) in [5.41, 5.74) is 4.13. The van der Waals surface area contributed by atoms with Crippen LogP contribution in [0.5, 0.6) is 0 Å². The van der Waals surface area contributed by atoms with Gasteiger partial charge in [-0.2, -0.15) is 0 Å². The van der Waals surface area contributed by atoms with Gasteiger partial charge in [-0.3, -0.25) is 0 Å². The normalized spacial score (nSPS) is 15.7. The molecule has 0 heterocycles. The van der Waals surface area contributed by atoms with Gasteiger partial charge in [-0.25, -0.2) is 0 Å². The number of hydrogen-bond acceptors (Lipinski definition) is 2. The van der Waals surface area contributed by atoms with E-state index < -0.39 is 0 Å². The summed E-state index contributed by atoms with van der Waals surface area (Å²) in [6, 6.07) is 0. The Labute approximate surface area is 122 Å². The van der Waals surface area contributed by atoms with Crippen LogP contribution in [-0.4, -0.2) is 23.4 Å². The van der Waals surface area contributed by atoms with Crippen LogP contribution in [0.3, 0.4) is 0 Å². The molecule has 0 amide bonds. The minimum Gasteiger partial charge on any atom is -0.392 e. The maximum Gasteiger partial charge on any atom is 0.0642 e. The lowest BCUT2D eigenvalue weighted by Crippen LogP contribution is -1.83. The van der Waals surface area contributed by atoms with Gasteiger partial charge in [0.25, 0.3) is 0 Å². The number of aliphatic hydroxyl groups is 2. The maximum atomic E-state index is 8.92. The SMILES string of the molecule is CC(/C=C/C=C(\C)CO)=C\C=C\C=C(C)\C=C(/C)CO. The van der Waals surface area contributed by atoms with Crippen LogP contribution in [-0.2, 0) is 0 Å². The number of allylic oxidation sites excluding steroid dienone is 10. The molecule has 0 spiro atoms. The van der Waals surface area contributed by atoms with Gasteiger partial charge in [0.1, 0.15) is 0 Å². The van der Waals surface area contributed by atoms with Crippen molar-refractivity contribution < 1.29 is 10.2 Å². The molecule has 2 N–H and O–H groups in total.